The van der Waals surface area contributed by atoms with Gasteiger partial charge in [0.25, 0.3) is 0 Å². The molecule has 0 N–H and O–H groups in total. The molecule has 2 aliphatic rings. The Hall–Kier alpha value is -4.26. The molecule has 0 aromatic heterocycles. The summed E-state index contributed by atoms with van der Waals surface area (Å²) in [5.74, 6) is 0. The average molecular weight is 829 g/mol. The molecule has 0 amide bonds. The minimum atomic E-state index is -1.06. The van der Waals surface area contributed by atoms with Crippen LogP contribution < -0.4 is 24.8 Å². The van der Waals surface area contributed by atoms with Crippen LogP contribution in [0.5, 0.6) is 0 Å². The number of halogens is 2. The Morgan fingerprint density at radius 2 is 0.782 bits per heavy atom. The Balaban J connectivity index is 0.00000214. The fourth-order valence-corrected chi connectivity index (χ4v) is 14.6. The maximum Gasteiger partial charge on any atom is -1.00 e. The average Bonchev–Trinajstić information content (AvgIpc) is 3.74. The van der Waals surface area contributed by atoms with Crippen LogP contribution in [0.3, 0.4) is 0 Å². The second-order valence-corrected chi connectivity index (χ2v) is 18.6. The van der Waals surface area contributed by atoms with Crippen molar-refractivity contribution in [2.75, 3.05) is 0 Å². The number of hydrogen-bond donors (Lipinski definition) is 0. The van der Waals surface area contributed by atoms with Gasteiger partial charge in [-0.05, 0) is 0 Å². The van der Waals surface area contributed by atoms with Crippen LogP contribution in [-0.4, -0.2) is 0 Å². The normalized spacial score (nSPS) is 15.6. The number of hydrogen-bond acceptors (Lipinski definition) is 0. The van der Waals surface area contributed by atoms with Gasteiger partial charge < -0.3 is 24.8 Å². The van der Waals surface area contributed by atoms with Gasteiger partial charge in [-0.25, -0.2) is 0 Å². The molecule has 2 aliphatic carbocycles. The molecule has 0 radical (unpaired) electrons. The van der Waals surface area contributed by atoms with Crippen LogP contribution >= 0.6 is 0 Å². The van der Waals surface area contributed by atoms with Crippen LogP contribution in [0.15, 0.2) is 157 Å². The number of allylic oxidation sites excluding steroid dienone is 2. The second kappa shape index (κ2) is 15.7. The molecule has 2 atom stereocenters. The monoisotopic (exact) mass is 826 g/mol. The standard InChI is InChI=1S/2C26H21.2ClH.Zr/c2*1-2-8-18-15-19-10-7-14-24(25(19)16-18)26-17-20-9-3-4-11-21(20)22-12-5-6-13-23(22)26;;;/h2*3-7,9-17H,2,8H2,1H3;2*1H;/q;;;;+2/p-2. The topological polar surface area (TPSA) is 0 Å². The summed E-state index contributed by atoms with van der Waals surface area (Å²) in [5, 5.41) is 10.7. The molecule has 0 saturated heterocycles. The van der Waals surface area contributed by atoms with Crippen molar-refractivity contribution in [2.45, 2.75) is 46.8 Å². The van der Waals surface area contributed by atoms with E-state index in [0.717, 1.165) is 0 Å². The number of fused-ring (bicyclic) bond motifs is 8. The third-order valence-electron chi connectivity index (χ3n) is 11.8. The maximum atomic E-state index is 2.63. The van der Waals surface area contributed by atoms with Gasteiger partial charge in [0.2, 0.25) is 0 Å². The van der Waals surface area contributed by atoms with Crippen molar-refractivity contribution in [1.29, 1.82) is 0 Å². The quantitative estimate of drug-likeness (QED) is 0.134. The Morgan fingerprint density at radius 1 is 0.400 bits per heavy atom. The molecule has 0 heterocycles. The number of rotatable bonds is 8. The van der Waals surface area contributed by atoms with E-state index in [1.165, 1.54) is 102 Å². The molecule has 0 fully saturated rings. The first-order valence-corrected chi connectivity index (χ1v) is 22.3. The summed E-state index contributed by atoms with van der Waals surface area (Å²) in [6.07, 6.45) is 9.96. The summed E-state index contributed by atoms with van der Waals surface area (Å²) >= 11 is -1.06. The van der Waals surface area contributed by atoms with Crippen molar-refractivity contribution < 1.29 is 48.0 Å². The van der Waals surface area contributed by atoms with Crippen LogP contribution in [0.2, 0.25) is 0 Å². The first-order valence-electron chi connectivity index (χ1n) is 19.5. The third kappa shape index (κ3) is 6.34. The summed E-state index contributed by atoms with van der Waals surface area (Å²) in [7, 11) is 0. The predicted molar refractivity (Wildman–Crippen MR) is 225 cm³/mol. The van der Waals surface area contributed by atoms with E-state index in [2.05, 4.69) is 172 Å². The zero-order valence-corrected chi connectivity index (χ0v) is 35.2. The zero-order valence-electron chi connectivity index (χ0n) is 31.3. The largest absolute Gasteiger partial charge is 1.00 e. The molecule has 0 nitrogen and oxygen atoms in total. The smallest absolute Gasteiger partial charge is 1.00 e. The van der Waals surface area contributed by atoms with E-state index in [-0.39, 0.29) is 24.8 Å². The zero-order chi connectivity index (χ0) is 35.5. The van der Waals surface area contributed by atoms with Crippen LogP contribution in [-0.2, 0) is 23.2 Å². The summed E-state index contributed by atoms with van der Waals surface area (Å²) in [4.78, 5) is 0. The molecule has 2 unspecified atom stereocenters. The van der Waals surface area contributed by atoms with E-state index in [1.807, 2.05) is 0 Å². The molecule has 0 bridgehead atoms. The van der Waals surface area contributed by atoms with Crippen LogP contribution in [0.4, 0.5) is 0 Å². The Bertz CT molecular complexity index is 2620. The Kier molecular flexibility index (Phi) is 10.8. The molecule has 3 heteroatoms. The molecule has 268 valence electrons. The van der Waals surface area contributed by atoms with E-state index < -0.39 is 23.2 Å². The van der Waals surface area contributed by atoms with Crippen molar-refractivity contribution in [1.82, 2.24) is 0 Å². The first-order chi connectivity index (χ1) is 26.2. The fourth-order valence-electron chi connectivity index (χ4n) is 9.52. The summed E-state index contributed by atoms with van der Waals surface area (Å²) in [5.41, 5.74) is 14.9. The molecule has 0 saturated carbocycles. The molecule has 8 aromatic rings. The Labute approximate surface area is 348 Å². The summed E-state index contributed by atoms with van der Waals surface area (Å²) in [6, 6.07) is 55.1. The van der Waals surface area contributed by atoms with E-state index >= 15 is 0 Å². The number of benzene rings is 8. The molecule has 8 aromatic carbocycles. The Morgan fingerprint density at radius 3 is 1.20 bits per heavy atom. The SMILES string of the molecule is CCCC1=Cc2c(-c3cc4ccccc4c4ccccc34)cccc2[CH]1[Zr+2][CH]1C(CCC)=Cc2c(-c3cc4ccccc4c4ccccc34)cccc21.[Cl-].[Cl-]. The predicted octanol–water partition coefficient (Wildman–Crippen LogP) is 8.90. The van der Waals surface area contributed by atoms with Gasteiger partial charge in [0.05, 0.1) is 0 Å². The van der Waals surface area contributed by atoms with Gasteiger partial charge in [-0.15, -0.1) is 0 Å². The van der Waals surface area contributed by atoms with Gasteiger partial charge in [0.1, 0.15) is 0 Å². The van der Waals surface area contributed by atoms with Gasteiger partial charge in [-0.1, -0.05) is 0 Å². The van der Waals surface area contributed by atoms with Crippen molar-refractivity contribution in [3.63, 3.8) is 0 Å². The van der Waals surface area contributed by atoms with Crippen LogP contribution in [0.1, 0.15) is 69.0 Å². The van der Waals surface area contributed by atoms with E-state index in [1.54, 1.807) is 22.3 Å². The molecule has 10 rings (SSSR count). The minimum Gasteiger partial charge on any atom is -1.00 e. The maximum absolute atomic E-state index is 2.63. The third-order valence-corrected chi connectivity index (χ3v) is 16.8. The van der Waals surface area contributed by atoms with Gasteiger partial charge >= 0.3 is 327 Å². The summed E-state index contributed by atoms with van der Waals surface area (Å²) in [6.45, 7) is 4.72. The molecule has 0 spiro atoms. The van der Waals surface area contributed by atoms with Crippen molar-refractivity contribution in [2.24, 2.45) is 0 Å². The minimum absolute atomic E-state index is 0. The van der Waals surface area contributed by atoms with E-state index in [4.69, 9.17) is 0 Å². The molecule has 0 aliphatic heterocycles. The van der Waals surface area contributed by atoms with Crippen molar-refractivity contribution in [3.8, 4) is 22.3 Å². The van der Waals surface area contributed by atoms with Gasteiger partial charge in [0.15, 0.2) is 0 Å². The first kappa shape index (κ1) is 37.7. The van der Waals surface area contributed by atoms with Gasteiger partial charge in [-0.3, -0.25) is 0 Å². The fraction of sp³-hybridized carbons (Fsp3) is 0.154. The van der Waals surface area contributed by atoms with Crippen molar-refractivity contribution >= 4 is 55.2 Å². The molecular weight excluding hydrogens is 787 g/mol. The second-order valence-electron chi connectivity index (χ2n) is 15.0. The van der Waals surface area contributed by atoms with Gasteiger partial charge in [0, 0.05) is 0 Å². The van der Waals surface area contributed by atoms with Gasteiger partial charge in [-0.2, -0.15) is 0 Å². The van der Waals surface area contributed by atoms with Crippen LogP contribution in [0, 0.1) is 0 Å². The molecule has 55 heavy (non-hydrogen) atoms. The van der Waals surface area contributed by atoms with Crippen LogP contribution in [0.25, 0.3) is 77.5 Å². The molecular formula is C52H42Cl2Zr. The van der Waals surface area contributed by atoms with Crippen molar-refractivity contribution in [3.05, 3.63) is 179 Å². The van der Waals surface area contributed by atoms with E-state index in [9.17, 15) is 0 Å². The van der Waals surface area contributed by atoms with E-state index in [0.29, 0.717) is 7.25 Å². The summed E-state index contributed by atoms with van der Waals surface area (Å²) < 4.78 is 1.14.